The van der Waals surface area contributed by atoms with Crippen LogP contribution < -0.4 is 26.6 Å². The second-order valence-corrected chi connectivity index (χ2v) is 9.75. The van der Waals surface area contributed by atoms with Crippen molar-refractivity contribution < 1.29 is 19.1 Å². The summed E-state index contributed by atoms with van der Waals surface area (Å²) in [6.07, 6.45) is 4.96. The van der Waals surface area contributed by atoms with Crippen LogP contribution in [0.1, 0.15) is 56.6 Å². The Bertz CT molecular complexity index is 959. The molecule has 0 unspecified atom stereocenters. The number of carbonyl (C=O) groups is 3. The Morgan fingerprint density at radius 2 is 1.25 bits per heavy atom. The SMILES string of the molecule is CCCC(=O)N[C@@H](Cc1ccccc1)C(=O)NCCCCNCCCNCCCNC(=O)OCc1ccccc1. The van der Waals surface area contributed by atoms with Crippen LogP contribution in [-0.2, 0) is 27.4 Å². The molecular weight excluding hydrogens is 506 g/mol. The third kappa shape index (κ3) is 15.9. The summed E-state index contributed by atoms with van der Waals surface area (Å²) in [5, 5.41) is 15.4. The van der Waals surface area contributed by atoms with Gasteiger partial charge in [0, 0.05) is 25.9 Å². The van der Waals surface area contributed by atoms with Crippen molar-refractivity contribution in [3.8, 4) is 0 Å². The smallest absolute Gasteiger partial charge is 0.407 e. The fourth-order valence-corrected chi connectivity index (χ4v) is 4.03. The Morgan fingerprint density at radius 3 is 1.90 bits per heavy atom. The van der Waals surface area contributed by atoms with E-state index < -0.39 is 12.1 Å². The van der Waals surface area contributed by atoms with Crippen molar-refractivity contribution in [1.29, 1.82) is 0 Å². The van der Waals surface area contributed by atoms with Crippen molar-refractivity contribution in [2.45, 2.75) is 64.5 Å². The highest BCUT2D eigenvalue weighted by Crippen LogP contribution is 2.05. The summed E-state index contributed by atoms with van der Waals surface area (Å²) in [4.78, 5) is 36.5. The molecule has 5 N–H and O–H groups in total. The van der Waals surface area contributed by atoms with Crippen molar-refractivity contribution in [2.75, 3.05) is 39.3 Å². The summed E-state index contributed by atoms with van der Waals surface area (Å²) in [6.45, 7) is 6.96. The topological polar surface area (TPSA) is 121 Å². The molecule has 0 heterocycles. The van der Waals surface area contributed by atoms with Crippen molar-refractivity contribution >= 4 is 17.9 Å². The minimum absolute atomic E-state index is 0.0897. The number of nitrogens with one attached hydrogen (secondary N) is 5. The molecule has 0 spiro atoms. The largest absolute Gasteiger partial charge is 0.445 e. The van der Waals surface area contributed by atoms with Gasteiger partial charge in [-0.1, -0.05) is 67.6 Å². The average Bonchev–Trinajstić information content (AvgIpc) is 2.97. The van der Waals surface area contributed by atoms with E-state index in [4.69, 9.17) is 4.74 Å². The monoisotopic (exact) mass is 553 g/mol. The van der Waals surface area contributed by atoms with Gasteiger partial charge in [0.05, 0.1) is 0 Å². The van der Waals surface area contributed by atoms with Crippen LogP contribution in [0, 0.1) is 0 Å². The highest BCUT2D eigenvalue weighted by molar-refractivity contribution is 5.87. The van der Waals surface area contributed by atoms with E-state index in [-0.39, 0.29) is 18.4 Å². The average molecular weight is 554 g/mol. The van der Waals surface area contributed by atoms with E-state index in [2.05, 4.69) is 26.6 Å². The van der Waals surface area contributed by atoms with Crippen LogP contribution in [0.3, 0.4) is 0 Å². The van der Waals surface area contributed by atoms with E-state index in [9.17, 15) is 14.4 Å². The van der Waals surface area contributed by atoms with Crippen LogP contribution in [0.2, 0.25) is 0 Å². The van der Waals surface area contributed by atoms with Crippen LogP contribution in [0.15, 0.2) is 60.7 Å². The van der Waals surface area contributed by atoms with E-state index in [1.54, 1.807) is 0 Å². The molecule has 0 bridgehead atoms. The standard InChI is InChI=1S/C31H47N5O4/c1-2-13-29(37)36-28(24-26-14-5-3-6-15-26)30(38)34-22-10-9-18-32-19-11-20-33-21-12-23-35-31(39)40-25-27-16-7-4-8-17-27/h3-8,14-17,28,32-33H,2,9-13,18-25H2,1H3,(H,34,38)(H,35,39)(H,36,37)/t28-/m0/s1. The summed E-state index contributed by atoms with van der Waals surface area (Å²) < 4.78 is 5.19. The summed E-state index contributed by atoms with van der Waals surface area (Å²) in [5.74, 6) is -0.222. The molecule has 0 fully saturated rings. The fraction of sp³-hybridized carbons (Fsp3) is 0.516. The van der Waals surface area contributed by atoms with E-state index in [1.807, 2.05) is 67.6 Å². The van der Waals surface area contributed by atoms with E-state index in [0.29, 0.717) is 25.9 Å². The highest BCUT2D eigenvalue weighted by Gasteiger charge is 2.20. The van der Waals surface area contributed by atoms with Crippen LogP contribution in [0.5, 0.6) is 0 Å². The van der Waals surface area contributed by atoms with Gasteiger partial charge in [-0.2, -0.15) is 0 Å². The molecule has 0 aliphatic rings. The minimum atomic E-state index is -0.559. The van der Waals surface area contributed by atoms with Gasteiger partial charge in [-0.05, 0) is 69.4 Å². The first kappa shape index (κ1) is 32.8. The Kier molecular flexibility index (Phi) is 17.5. The van der Waals surface area contributed by atoms with Gasteiger partial charge < -0.3 is 31.3 Å². The van der Waals surface area contributed by atoms with Gasteiger partial charge in [0.2, 0.25) is 11.8 Å². The Hall–Kier alpha value is -3.43. The molecule has 0 saturated carbocycles. The van der Waals surface area contributed by atoms with Gasteiger partial charge in [-0.25, -0.2) is 4.79 Å². The van der Waals surface area contributed by atoms with E-state index in [0.717, 1.165) is 69.4 Å². The zero-order chi connectivity index (χ0) is 28.7. The lowest BCUT2D eigenvalue weighted by atomic mass is 10.0. The lowest BCUT2D eigenvalue weighted by molar-refractivity contribution is -0.129. The summed E-state index contributed by atoms with van der Waals surface area (Å²) in [6, 6.07) is 18.8. The molecule has 2 aromatic carbocycles. The molecule has 40 heavy (non-hydrogen) atoms. The molecule has 2 aromatic rings. The highest BCUT2D eigenvalue weighted by atomic mass is 16.5. The lowest BCUT2D eigenvalue weighted by Crippen LogP contribution is -2.48. The van der Waals surface area contributed by atoms with Crippen molar-refractivity contribution in [3.63, 3.8) is 0 Å². The maximum Gasteiger partial charge on any atom is 0.407 e. The number of carbonyl (C=O) groups excluding carboxylic acids is 3. The molecule has 0 saturated heterocycles. The second-order valence-electron chi connectivity index (χ2n) is 9.75. The molecule has 1 atom stereocenters. The van der Waals surface area contributed by atoms with Crippen molar-refractivity contribution in [1.82, 2.24) is 26.6 Å². The predicted octanol–water partition coefficient (Wildman–Crippen LogP) is 3.30. The lowest BCUT2D eigenvalue weighted by Gasteiger charge is -2.18. The summed E-state index contributed by atoms with van der Waals surface area (Å²) >= 11 is 0. The van der Waals surface area contributed by atoms with Gasteiger partial charge in [0.15, 0.2) is 0 Å². The van der Waals surface area contributed by atoms with Gasteiger partial charge in [-0.15, -0.1) is 0 Å². The molecular formula is C31H47N5O4. The molecule has 0 aromatic heterocycles. The van der Waals surface area contributed by atoms with Crippen molar-refractivity contribution in [3.05, 3.63) is 71.8 Å². The normalized spacial score (nSPS) is 11.4. The first-order valence-electron chi connectivity index (χ1n) is 14.6. The van der Waals surface area contributed by atoms with Gasteiger partial charge in [0.25, 0.3) is 0 Å². The Balaban J connectivity index is 1.42. The molecule has 0 aliphatic carbocycles. The summed E-state index contributed by atoms with van der Waals surface area (Å²) in [7, 11) is 0. The molecule has 3 amide bonds. The van der Waals surface area contributed by atoms with E-state index in [1.165, 1.54) is 0 Å². The molecule has 9 nitrogen and oxygen atoms in total. The number of alkyl carbamates (subject to hydrolysis) is 1. The first-order valence-corrected chi connectivity index (χ1v) is 14.6. The first-order chi connectivity index (χ1) is 19.6. The zero-order valence-corrected chi connectivity index (χ0v) is 23.9. The van der Waals surface area contributed by atoms with Gasteiger partial charge in [-0.3, -0.25) is 9.59 Å². The quantitative estimate of drug-likeness (QED) is 0.151. The molecule has 220 valence electrons. The third-order valence-electron chi connectivity index (χ3n) is 6.21. The maximum atomic E-state index is 12.7. The van der Waals surface area contributed by atoms with Gasteiger partial charge >= 0.3 is 6.09 Å². The summed E-state index contributed by atoms with van der Waals surface area (Å²) in [5.41, 5.74) is 1.99. The Morgan fingerprint density at radius 1 is 0.700 bits per heavy atom. The van der Waals surface area contributed by atoms with Crippen LogP contribution in [-0.4, -0.2) is 63.2 Å². The number of hydrogen-bond donors (Lipinski definition) is 5. The third-order valence-corrected chi connectivity index (χ3v) is 6.21. The fourth-order valence-electron chi connectivity index (χ4n) is 4.03. The molecule has 2 rings (SSSR count). The minimum Gasteiger partial charge on any atom is -0.445 e. The van der Waals surface area contributed by atoms with E-state index >= 15 is 0 Å². The number of amides is 3. The number of rotatable bonds is 21. The zero-order valence-electron chi connectivity index (χ0n) is 23.9. The van der Waals surface area contributed by atoms with Crippen molar-refractivity contribution in [2.24, 2.45) is 0 Å². The van der Waals surface area contributed by atoms with Crippen LogP contribution in [0.4, 0.5) is 4.79 Å². The number of unbranched alkanes of at least 4 members (excludes halogenated alkanes) is 1. The molecule has 0 radical (unpaired) electrons. The number of ether oxygens (including phenoxy) is 1. The predicted molar refractivity (Wildman–Crippen MR) is 159 cm³/mol. The van der Waals surface area contributed by atoms with Gasteiger partial charge in [0.1, 0.15) is 12.6 Å². The molecule has 9 heteroatoms. The van der Waals surface area contributed by atoms with Crippen LogP contribution in [0.25, 0.3) is 0 Å². The maximum absolute atomic E-state index is 12.7. The van der Waals surface area contributed by atoms with Crippen LogP contribution >= 0.6 is 0 Å². The Labute approximate surface area is 239 Å². The molecule has 0 aliphatic heterocycles. The number of benzene rings is 2. The second kappa shape index (κ2) is 21.4. The number of hydrogen-bond acceptors (Lipinski definition) is 6.